The Bertz CT molecular complexity index is 504. The Morgan fingerprint density at radius 2 is 1.78 bits per heavy atom. The number of hydrogen-bond donors (Lipinski definition) is 1. The number of nitrogens with one attached hydrogen (secondary N) is 1. The Hall–Kier alpha value is -1.36. The van der Waals surface area contributed by atoms with Crippen LogP contribution in [0.2, 0.25) is 0 Å². The minimum absolute atomic E-state index is 0.0288. The highest BCUT2D eigenvalue weighted by Crippen LogP contribution is 2.14. The molecule has 0 radical (unpaired) electrons. The molecule has 0 spiro atoms. The van der Waals surface area contributed by atoms with Gasteiger partial charge in [-0.15, -0.1) is 0 Å². The van der Waals surface area contributed by atoms with Crippen LogP contribution in [-0.2, 0) is 10.0 Å². The van der Waals surface area contributed by atoms with E-state index in [0.29, 0.717) is 23.6 Å². The van der Waals surface area contributed by atoms with Crippen LogP contribution in [0.1, 0.15) is 37.6 Å². The lowest BCUT2D eigenvalue weighted by atomic mass is 10.0. The summed E-state index contributed by atoms with van der Waals surface area (Å²) < 4.78 is 25.1. The second-order valence-corrected chi connectivity index (χ2v) is 6.61. The fourth-order valence-corrected chi connectivity index (χ4v) is 2.10. The smallest absolute Gasteiger partial charge is 0.232 e. The molecule has 0 aliphatic rings. The number of ketones is 1. The molecule has 0 fully saturated rings. The van der Waals surface area contributed by atoms with Crippen LogP contribution >= 0.6 is 0 Å². The van der Waals surface area contributed by atoms with Gasteiger partial charge in [0.05, 0.1) is 5.75 Å². The largest absolute Gasteiger partial charge is 0.294 e. The Kier molecular flexibility index (Phi) is 4.90. The van der Waals surface area contributed by atoms with Crippen LogP contribution in [-0.4, -0.2) is 20.0 Å². The van der Waals surface area contributed by atoms with Gasteiger partial charge in [-0.2, -0.15) is 0 Å². The summed E-state index contributed by atoms with van der Waals surface area (Å²) in [7, 11) is -3.26. The second-order valence-electron chi connectivity index (χ2n) is 4.60. The number of sulfonamides is 1. The summed E-state index contributed by atoms with van der Waals surface area (Å²) in [5, 5.41) is 0. The summed E-state index contributed by atoms with van der Waals surface area (Å²) in [5.74, 6) is 0.423. The van der Waals surface area contributed by atoms with Crippen molar-refractivity contribution in [2.45, 2.75) is 27.2 Å². The summed E-state index contributed by atoms with van der Waals surface area (Å²) in [5.41, 5.74) is 1.10. The minimum Gasteiger partial charge on any atom is -0.294 e. The third-order valence-corrected chi connectivity index (χ3v) is 3.76. The number of benzene rings is 1. The van der Waals surface area contributed by atoms with Crippen molar-refractivity contribution in [1.29, 1.82) is 0 Å². The molecule has 0 aliphatic carbocycles. The zero-order valence-electron chi connectivity index (χ0n) is 10.9. The summed E-state index contributed by atoms with van der Waals surface area (Å²) in [6.45, 7) is 5.55. The fourth-order valence-electron chi connectivity index (χ4n) is 1.46. The lowest BCUT2D eigenvalue weighted by Gasteiger charge is -2.07. The maximum absolute atomic E-state index is 11.8. The first-order valence-corrected chi connectivity index (χ1v) is 7.63. The van der Waals surface area contributed by atoms with Crippen LogP contribution in [0.25, 0.3) is 0 Å². The number of anilines is 1. The van der Waals surface area contributed by atoms with E-state index in [-0.39, 0.29) is 11.5 Å². The molecule has 0 amide bonds. The van der Waals surface area contributed by atoms with E-state index in [1.54, 1.807) is 31.2 Å². The summed E-state index contributed by atoms with van der Waals surface area (Å²) in [4.78, 5) is 11.8. The molecular formula is C13H19NO3S. The molecular weight excluding hydrogens is 250 g/mol. The molecule has 1 N–H and O–H groups in total. The molecule has 0 aromatic heterocycles. The molecule has 100 valence electrons. The first-order chi connectivity index (χ1) is 8.34. The van der Waals surface area contributed by atoms with Crippen molar-refractivity contribution in [3.05, 3.63) is 29.8 Å². The molecule has 0 bridgehead atoms. The van der Waals surface area contributed by atoms with Gasteiger partial charge in [-0.3, -0.25) is 9.52 Å². The molecule has 0 heterocycles. The molecule has 1 rings (SSSR count). The molecule has 0 unspecified atom stereocenters. The highest BCUT2D eigenvalue weighted by atomic mass is 32.2. The van der Waals surface area contributed by atoms with Crippen LogP contribution in [0.5, 0.6) is 0 Å². The predicted molar refractivity (Wildman–Crippen MR) is 73.3 cm³/mol. The van der Waals surface area contributed by atoms with Gasteiger partial charge in [0, 0.05) is 17.7 Å². The fraction of sp³-hybridized carbons (Fsp3) is 0.462. The van der Waals surface area contributed by atoms with Gasteiger partial charge >= 0.3 is 0 Å². The third-order valence-electron chi connectivity index (χ3n) is 2.45. The van der Waals surface area contributed by atoms with E-state index in [2.05, 4.69) is 4.72 Å². The van der Waals surface area contributed by atoms with E-state index >= 15 is 0 Å². The molecule has 4 nitrogen and oxygen atoms in total. The van der Waals surface area contributed by atoms with E-state index < -0.39 is 10.0 Å². The van der Waals surface area contributed by atoms with Crippen molar-refractivity contribution in [1.82, 2.24) is 0 Å². The number of hydrogen-bond acceptors (Lipinski definition) is 3. The van der Waals surface area contributed by atoms with Crippen molar-refractivity contribution < 1.29 is 13.2 Å². The van der Waals surface area contributed by atoms with Crippen LogP contribution in [0.3, 0.4) is 0 Å². The first-order valence-electron chi connectivity index (χ1n) is 5.98. The van der Waals surface area contributed by atoms with E-state index in [9.17, 15) is 13.2 Å². The van der Waals surface area contributed by atoms with Gasteiger partial charge in [-0.25, -0.2) is 8.42 Å². The lowest BCUT2D eigenvalue weighted by Crippen LogP contribution is -2.14. The van der Waals surface area contributed by atoms with Crippen LogP contribution in [0, 0.1) is 5.92 Å². The van der Waals surface area contributed by atoms with Crippen molar-refractivity contribution in [3.63, 3.8) is 0 Å². The molecule has 1 aromatic carbocycles. The van der Waals surface area contributed by atoms with Gasteiger partial charge in [0.2, 0.25) is 10.0 Å². The van der Waals surface area contributed by atoms with Gasteiger partial charge < -0.3 is 0 Å². The molecule has 0 saturated carbocycles. The molecule has 1 aromatic rings. The number of carbonyl (C=O) groups excluding carboxylic acids is 1. The maximum atomic E-state index is 11.8. The van der Waals surface area contributed by atoms with Gasteiger partial charge in [0.15, 0.2) is 5.78 Å². The lowest BCUT2D eigenvalue weighted by molar-refractivity contribution is 0.0968. The predicted octanol–water partition coefficient (Wildman–Crippen LogP) is 2.68. The second kappa shape index (κ2) is 6.00. The SMILES string of the molecule is CCS(=O)(=O)Nc1ccc(C(=O)CC(C)C)cc1. The van der Waals surface area contributed by atoms with Crippen molar-refractivity contribution in [2.75, 3.05) is 10.5 Å². The number of carbonyl (C=O) groups is 1. The normalized spacial score (nSPS) is 11.6. The molecule has 0 saturated heterocycles. The van der Waals surface area contributed by atoms with Crippen LogP contribution in [0.15, 0.2) is 24.3 Å². The summed E-state index contributed by atoms with van der Waals surface area (Å²) >= 11 is 0. The van der Waals surface area contributed by atoms with E-state index in [1.807, 2.05) is 13.8 Å². The van der Waals surface area contributed by atoms with Crippen molar-refractivity contribution in [3.8, 4) is 0 Å². The average Bonchev–Trinajstić information content (AvgIpc) is 2.28. The van der Waals surface area contributed by atoms with E-state index in [4.69, 9.17) is 0 Å². The Morgan fingerprint density at radius 3 is 2.22 bits per heavy atom. The minimum atomic E-state index is -3.26. The van der Waals surface area contributed by atoms with Gasteiger partial charge in [-0.1, -0.05) is 13.8 Å². The Labute approximate surface area is 108 Å². The van der Waals surface area contributed by atoms with Gasteiger partial charge in [0.25, 0.3) is 0 Å². The van der Waals surface area contributed by atoms with Gasteiger partial charge in [0.1, 0.15) is 0 Å². The number of rotatable bonds is 6. The summed E-state index contributed by atoms with van der Waals surface area (Å²) in [6, 6.07) is 6.53. The topological polar surface area (TPSA) is 63.2 Å². The van der Waals surface area contributed by atoms with E-state index in [0.717, 1.165) is 0 Å². The van der Waals surface area contributed by atoms with E-state index in [1.165, 1.54) is 0 Å². The third kappa shape index (κ3) is 4.49. The zero-order chi connectivity index (χ0) is 13.8. The van der Waals surface area contributed by atoms with Crippen molar-refractivity contribution in [2.24, 2.45) is 5.92 Å². The number of Topliss-reactive ketones (excluding diaryl/α,β-unsaturated/α-hetero) is 1. The highest BCUT2D eigenvalue weighted by molar-refractivity contribution is 7.92. The Balaban J connectivity index is 2.77. The van der Waals surface area contributed by atoms with Crippen molar-refractivity contribution >= 4 is 21.5 Å². The standard InChI is InChI=1S/C13H19NO3S/c1-4-18(16,17)14-12-7-5-11(6-8-12)13(15)9-10(2)3/h5-8,10,14H,4,9H2,1-3H3. The maximum Gasteiger partial charge on any atom is 0.232 e. The molecule has 0 aliphatic heterocycles. The quantitative estimate of drug-likeness (QED) is 0.808. The molecule has 0 atom stereocenters. The van der Waals surface area contributed by atoms with Gasteiger partial charge in [-0.05, 0) is 37.1 Å². The Morgan fingerprint density at radius 1 is 1.22 bits per heavy atom. The summed E-state index contributed by atoms with van der Waals surface area (Å²) in [6.07, 6.45) is 0.500. The first kappa shape index (κ1) is 14.7. The van der Waals surface area contributed by atoms with Crippen LogP contribution in [0.4, 0.5) is 5.69 Å². The zero-order valence-corrected chi connectivity index (χ0v) is 11.8. The average molecular weight is 269 g/mol. The highest BCUT2D eigenvalue weighted by Gasteiger charge is 2.10. The molecule has 18 heavy (non-hydrogen) atoms. The molecule has 5 heteroatoms. The van der Waals surface area contributed by atoms with Crippen LogP contribution < -0.4 is 4.72 Å². The monoisotopic (exact) mass is 269 g/mol.